The van der Waals surface area contributed by atoms with Crippen LogP contribution in [0.15, 0.2) is 27.6 Å². The van der Waals surface area contributed by atoms with Gasteiger partial charge in [0.2, 0.25) is 0 Å². The summed E-state index contributed by atoms with van der Waals surface area (Å²) in [4.78, 5) is 53.9. The number of ether oxygens (including phenoxy) is 1. The molecule has 18 nitrogen and oxygen atoms in total. The number of methoxy groups -OCH3 is 1. The highest BCUT2D eigenvalue weighted by molar-refractivity contribution is 8.12. The second kappa shape index (κ2) is 56.0. The van der Waals surface area contributed by atoms with Crippen LogP contribution in [0.3, 0.4) is 0 Å². The lowest BCUT2D eigenvalue weighted by molar-refractivity contribution is -0.138. The molecule has 0 heterocycles. The quantitative estimate of drug-likeness (QED) is 0.0648. The van der Waals surface area contributed by atoms with Gasteiger partial charge in [-0.25, -0.2) is 9.59 Å². The number of nitrogens with zero attached hydrogens (tertiary/aromatic N) is 3. The Labute approximate surface area is 249 Å². The van der Waals surface area contributed by atoms with Crippen LogP contribution in [-0.4, -0.2) is 126 Å². The van der Waals surface area contributed by atoms with Crippen LogP contribution in [0.25, 0.3) is 0 Å². The highest BCUT2D eigenvalue weighted by atomic mass is 32.2. The van der Waals surface area contributed by atoms with Gasteiger partial charge in [0.1, 0.15) is 0 Å². The first kappa shape index (κ1) is 53.0. The Morgan fingerprint density at radius 2 is 1.17 bits per heavy atom. The van der Waals surface area contributed by atoms with Gasteiger partial charge in [-0.1, -0.05) is 23.1 Å². The molecule has 0 bridgehead atoms. The first-order valence-electron chi connectivity index (χ1n) is 11.6. The molecule has 0 aliphatic carbocycles. The summed E-state index contributed by atoms with van der Waals surface area (Å²) < 4.78 is 4.15. The molecule has 0 saturated carbocycles. The van der Waals surface area contributed by atoms with Gasteiger partial charge in [-0.05, 0) is 19.4 Å². The third-order valence-electron chi connectivity index (χ3n) is 2.69. The first-order chi connectivity index (χ1) is 19.4. The zero-order valence-corrected chi connectivity index (χ0v) is 27.7. The molecule has 0 aromatic carbocycles. The average molecular weight is 615 g/mol. The van der Waals surface area contributed by atoms with Gasteiger partial charge in [0.05, 0.1) is 20.5 Å². The summed E-state index contributed by atoms with van der Waals surface area (Å²) >= 11 is 1.17. The van der Waals surface area contributed by atoms with Crippen molar-refractivity contribution in [1.82, 2.24) is 48.0 Å². The number of aliphatic imine (C=N–C) groups is 1. The summed E-state index contributed by atoms with van der Waals surface area (Å²) in [6.07, 6.45) is 6.77. The minimum Gasteiger partial charge on any atom is -0.453 e. The number of hydrogen-bond acceptors (Lipinski definition) is 11. The number of rotatable bonds is 3. The Morgan fingerprint density at radius 3 is 1.20 bits per heavy atom. The number of nitrogens with one attached hydrogen (secondary N) is 9. The minimum absolute atomic E-state index is 0.00926. The smallest absolute Gasteiger partial charge is 0.406 e. The zero-order valence-electron chi connectivity index (χ0n) is 26.9. The molecule has 0 rings (SSSR count). The Morgan fingerprint density at radius 1 is 0.707 bits per heavy atom. The number of hydrogen-bond donors (Lipinski definition) is 9. The van der Waals surface area contributed by atoms with Crippen molar-refractivity contribution in [2.45, 2.75) is 6.92 Å². The van der Waals surface area contributed by atoms with E-state index >= 15 is 0 Å². The van der Waals surface area contributed by atoms with E-state index in [1.54, 1.807) is 54.9 Å². The molecule has 244 valence electrons. The predicted molar refractivity (Wildman–Crippen MR) is 168 cm³/mol. The van der Waals surface area contributed by atoms with Crippen molar-refractivity contribution in [2.75, 3.05) is 90.9 Å². The van der Waals surface area contributed by atoms with Crippen molar-refractivity contribution in [3.8, 4) is 0 Å². The van der Waals surface area contributed by atoms with Crippen molar-refractivity contribution in [3.63, 3.8) is 0 Å². The Balaban J connectivity index is -0.0000000662. The number of thioether (sulfide) groups is 1. The highest BCUT2D eigenvalue weighted by Gasteiger charge is 2.05. The number of urea groups is 1. The molecule has 41 heavy (non-hydrogen) atoms. The summed E-state index contributed by atoms with van der Waals surface area (Å²) in [5.74, 6) is -1.24. The molecule has 0 aromatic heterocycles. The molecule has 0 unspecified atom stereocenters. The maximum atomic E-state index is 10.2. The van der Waals surface area contributed by atoms with Gasteiger partial charge >= 0.3 is 23.9 Å². The van der Waals surface area contributed by atoms with Gasteiger partial charge in [-0.3, -0.25) is 24.8 Å². The van der Waals surface area contributed by atoms with Crippen LogP contribution in [-0.2, 0) is 14.3 Å². The second-order valence-electron chi connectivity index (χ2n) is 5.46. The van der Waals surface area contributed by atoms with Crippen LogP contribution < -0.4 is 48.0 Å². The summed E-state index contributed by atoms with van der Waals surface area (Å²) in [7, 11) is 19.1. The fraction of sp³-hybridized carbons (Fsp3) is 0.636. The Kier molecular flexibility index (Phi) is 72.5. The van der Waals surface area contributed by atoms with Crippen molar-refractivity contribution >= 4 is 47.3 Å². The van der Waals surface area contributed by atoms with Crippen LogP contribution >= 0.6 is 11.8 Å². The molecule has 0 atom stereocenters. The largest absolute Gasteiger partial charge is 0.453 e. The lowest BCUT2D eigenvalue weighted by Gasteiger charge is -1.93. The van der Waals surface area contributed by atoms with Crippen LogP contribution in [0, 0.1) is 0 Å². The second-order valence-corrected chi connectivity index (χ2v) is 6.24. The van der Waals surface area contributed by atoms with Gasteiger partial charge < -0.3 is 47.3 Å². The Hall–Kier alpha value is -4.29. The standard InChI is InChI=1S/C4H8N2O2.C4H9N.C3H8N2O.C3H8N2.C3H7NO2.C3H7NOS.C2H7N3/c1-5-3(7)4(8)6-2;1-3-4-5-2;1-4-3(6)5-2;1-4-3-5-2;2*1-4-3(5)6-2;1-3-5-4-2/h1-2H3,(H,5,7)(H,6,8);3-5H,1-2H3;1-2H3,(H2,4,5,6);3H,1-2H3,(H,4,5);2*1-2H3,(H,4,5);1-2H3,(H,3,4). The lowest BCUT2D eigenvalue weighted by Crippen LogP contribution is -2.35. The van der Waals surface area contributed by atoms with E-state index in [0.29, 0.717) is 0 Å². The van der Waals surface area contributed by atoms with E-state index in [-0.39, 0.29) is 11.3 Å². The Bertz CT molecular complexity index is 583. The van der Waals surface area contributed by atoms with Gasteiger partial charge in [-0.2, -0.15) is 5.11 Å². The van der Waals surface area contributed by atoms with E-state index in [9.17, 15) is 24.0 Å². The molecule has 0 spiro atoms. The molecule has 0 aliphatic heterocycles. The van der Waals surface area contributed by atoms with Crippen molar-refractivity contribution in [3.05, 3.63) is 12.3 Å². The molecule has 0 fully saturated rings. The number of carbonyl (C=O) groups excluding carboxylic acids is 5. The lowest BCUT2D eigenvalue weighted by atomic mass is 10.6. The molecular formula is C22H54N12O6S. The third kappa shape index (κ3) is 86.1. The molecule has 0 saturated heterocycles. The molecule has 6 amide bonds. The zero-order chi connectivity index (χ0) is 33.9. The van der Waals surface area contributed by atoms with E-state index in [0.717, 1.165) is 0 Å². The summed E-state index contributed by atoms with van der Waals surface area (Å²) in [5.41, 5.74) is 2.48. The molecule has 0 radical (unpaired) electrons. The van der Waals surface area contributed by atoms with Crippen LogP contribution in [0.2, 0.25) is 0 Å². The van der Waals surface area contributed by atoms with E-state index in [1.807, 2.05) is 33.3 Å². The van der Waals surface area contributed by atoms with Crippen LogP contribution in [0.1, 0.15) is 6.92 Å². The topological polar surface area (TPSA) is 240 Å². The molecule has 19 heteroatoms. The van der Waals surface area contributed by atoms with Crippen molar-refractivity contribution < 1.29 is 28.7 Å². The minimum atomic E-state index is -0.618. The third-order valence-corrected chi connectivity index (χ3v) is 3.26. The van der Waals surface area contributed by atoms with E-state index in [2.05, 4.69) is 68.0 Å². The number of allylic oxidation sites excluding steroid dienone is 1. The number of carbonyl (C=O) groups is 5. The van der Waals surface area contributed by atoms with Crippen molar-refractivity contribution in [1.29, 1.82) is 0 Å². The maximum Gasteiger partial charge on any atom is 0.406 e. The number of alkyl carbamates (subject to hydrolysis) is 1. The van der Waals surface area contributed by atoms with E-state index in [4.69, 9.17) is 0 Å². The normalized spacial score (nSPS) is 8.05. The maximum absolute atomic E-state index is 10.2. The molecular weight excluding hydrogens is 560 g/mol. The number of amides is 6. The van der Waals surface area contributed by atoms with Gasteiger partial charge in [0, 0.05) is 70.5 Å². The summed E-state index contributed by atoms with van der Waals surface area (Å²) in [6.45, 7) is 1.97. The molecule has 0 aromatic rings. The van der Waals surface area contributed by atoms with E-state index < -0.39 is 17.9 Å². The SMILES string of the molecule is CC=CNC.CN=CNC.CN=NNC.CNC(=O)C(=O)NC.CNC(=O)NC.CNC(=O)OC.CNC(=O)SC. The summed E-state index contributed by atoms with van der Waals surface area (Å²) in [5, 5.41) is 26.0. The summed E-state index contributed by atoms with van der Waals surface area (Å²) in [6, 6.07) is -0.157. The fourth-order valence-electron chi connectivity index (χ4n) is 0.952. The van der Waals surface area contributed by atoms with Gasteiger partial charge in [0.15, 0.2) is 0 Å². The highest BCUT2D eigenvalue weighted by Crippen LogP contribution is 1.88. The van der Waals surface area contributed by atoms with Gasteiger partial charge in [-0.15, -0.1) is 0 Å². The fourth-order valence-corrected chi connectivity index (χ4v) is 1.16. The average Bonchev–Trinajstić information content (AvgIpc) is 3.01. The molecule has 0 aliphatic rings. The van der Waals surface area contributed by atoms with Crippen LogP contribution in [0.4, 0.5) is 14.4 Å². The number of likely N-dealkylation sites (N-methyl/N-ethyl adjacent to an activating group) is 2. The predicted octanol–water partition coefficient (Wildman–Crippen LogP) is -0.509. The van der Waals surface area contributed by atoms with Gasteiger partial charge in [0.25, 0.3) is 5.24 Å². The molecule has 9 N–H and O–H groups in total. The first-order valence-corrected chi connectivity index (χ1v) is 12.8. The van der Waals surface area contributed by atoms with Crippen molar-refractivity contribution in [2.24, 2.45) is 15.3 Å². The van der Waals surface area contributed by atoms with E-state index in [1.165, 1.54) is 40.0 Å². The van der Waals surface area contributed by atoms with Crippen LogP contribution in [0.5, 0.6) is 0 Å². The monoisotopic (exact) mass is 614 g/mol.